The maximum Gasteiger partial charge on any atom is 0.327 e. The molecule has 1 aromatic heterocycles. The van der Waals surface area contributed by atoms with Gasteiger partial charge in [0.1, 0.15) is 11.9 Å². The fourth-order valence-electron chi connectivity index (χ4n) is 3.40. The molecule has 1 aromatic carbocycles. The van der Waals surface area contributed by atoms with Gasteiger partial charge in [0.2, 0.25) is 11.8 Å². The van der Waals surface area contributed by atoms with Gasteiger partial charge in [0.15, 0.2) is 0 Å². The molecule has 0 radical (unpaired) electrons. The molecule has 3 N–H and O–H groups in total. The monoisotopic (exact) mass is 444 g/mol. The number of aromatic nitrogens is 1. The summed E-state index contributed by atoms with van der Waals surface area (Å²) in [6.45, 7) is 0.604. The largest absolute Gasteiger partial charge is 0.480 e. The van der Waals surface area contributed by atoms with Crippen molar-refractivity contribution in [1.29, 1.82) is 0 Å². The molecule has 3 rings (SSSR count). The van der Waals surface area contributed by atoms with Crippen molar-refractivity contribution in [3.63, 3.8) is 0 Å². The molecule has 162 valence electrons. The highest BCUT2D eigenvalue weighted by Gasteiger charge is 2.34. The van der Waals surface area contributed by atoms with Crippen molar-refractivity contribution in [2.45, 2.75) is 31.7 Å². The SMILES string of the molecule is NC(=O)CC(C(=O)O)N(C(=O)c1ccc(N2CCCCC2=O)cc1)c1ccc(Cl)cn1. The Kier molecular flexibility index (Phi) is 6.86. The lowest BCUT2D eigenvalue weighted by Gasteiger charge is -2.28. The molecule has 0 aliphatic carbocycles. The molecular weight excluding hydrogens is 424 g/mol. The second-order valence-electron chi connectivity index (χ2n) is 7.08. The minimum Gasteiger partial charge on any atom is -0.480 e. The van der Waals surface area contributed by atoms with Crippen LogP contribution in [0.5, 0.6) is 0 Å². The maximum absolute atomic E-state index is 13.3. The summed E-state index contributed by atoms with van der Waals surface area (Å²) in [7, 11) is 0. The van der Waals surface area contributed by atoms with Gasteiger partial charge in [0.25, 0.3) is 5.91 Å². The van der Waals surface area contributed by atoms with Gasteiger partial charge in [0.05, 0.1) is 11.4 Å². The number of pyridine rings is 1. The zero-order valence-corrected chi connectivity index (χ0v) is 17.3. The number of carboxylic acids is 1. The van der Waals surface area contributed by atoms with E-state index in [-0.39, 0.29) is 17.3 Å². The third-order valence-electron chi connectivity index (χ3n) is 4.92. The molecule has 1 fully saturated rings. The highest BCUT2D eigenvalue weighted by molar-refractivity contribution is 6.30. The number of halogens is 1. The zero-order chi connectivity index (χ0) is 22.5. The van der Waals surface area contributed by atoms with Crippen LogP contribution in [0, 0.1) is 0 Å². The molecule has 1 unspecified atom stereocenters. The van der Waals surface area contributed by atoms with E-state index in [2.05, 4.69) is 4.98 Å². The summed E-state index contributed by atoms with van der Waals surface area (Å²) in [5.41, 5.74) is 6.03. The number of aliphatic carboxylic acids is 1. The minimum atomic E-state index is -1.55. The van der Waals surface area contributed by atoms with Gasteiger partial charge in [-0.3, -0.25) is 19.3 Å². The molecule has 3 amide bonds. The number of primary amides is 1. The van der Waals surface area contributed by atoms with Crippen LogP contribution in [0.4, 0.5) is 11.5 Å². The smallest absolute Gasteiger partial charge is 0.327 e. The number of rotatable bonds is 7. The fourth-order valence-corrected chi connectivity index (χ4v) is 3.51. The molecule has 10 heteroatoms. The van der Waals surface area contributed by atoms with Gasteiger partial charge >= 0.3 is 5.97 Å². The Morgan fingerprint density at radius 3 is 2.42 bits per heavy atom. The number of nitrogens with two attached hydrogens (primary N) is 1. The summed E-state index contributed by atoms with van der Waals surface area (Å²) in [5, 5.41) is 9.95. The van der Waals surface area contributed by atoms with Gasteiger partial charge < -0.3 is 15.7 Å². The van der Waals surface area contributed by atoms with Crippen LogP contribution < -0.4 is 15.5 Å². The average molecular weight is 445 g/mol. The van der Waals surface area contributed by atoms with E-state index in [4.69, 9.17) is 17.3 Å². The second-order valence-corrected chi connectivity index (χ2v) is 7.52. The normalized spacial score (nSPS) is 14.7. The Morgan fingerprint density at radius 2 is 1.87 bits per heavy atom. The molecular formula is C21H21ClN4O5. The lowest BCUT2D eigenvalue weighted by molar-refractivity contribution is -0.140. The van der Waals surface area contributed by atoms with Crippen molar-refractivity contribution < 1.29 is 24.3 Å². The summed E-state index contributed by atoms with van der Waals surface area (Å²) in [6.07, 6.45) is 2.91. The molecule has 1 atom stereocenters. The Morgan fingerprint density at radius 1 is 1.16 bits per heavy atom. The van der Waals surface area contributed by atoms with Crippen LogP contribution in [-0.4, -0.2) is 46.4 Å². The number of hydrogen-bond donors (Lipinski definition) is 2. The maximum atomic E-state index is 13.3. The molecule has 1 aliphatic heterocycles. The van der Waals surface area contributed by atoms with E-state index in [0.717, 1.165) is 17.7 Å². The number of carbonyl (C=O) groups excluding carboxylic acids is 3. The lowest BCUT2D eigenvalue weighted by Crippen LogP contribution is -2.47. The van der Waals surface area contributed by atoms with Crippen molar-refractivity contribution in [2.24, 2.45) is 5.73 Å². The third kappa shape index (κ3) is 5.18. The summed E-state index contributed by atoms with van der Waals surface area (Å²) >= 11 is 5.85. The fraction of sp³-hybridized carbons (Fsp3) is 0.286. The lowest BCUT2D eigenvalue weighted by atomic mass is 10.1. The van der Waals surface area contributed by atoms with E-state index in [1.807, 2.05) is 0 Å². The molecule has 2 heterocycles. The quantitative estimate of drug-likeness (QED) is 0.672. The van der Waals surface area contributed by atoms with Crippen LogP contribution in [0.2, 0.25) is 5.02 Å². The summed E-state index contributed by atoms with van der Waals surface area (Å²) in [6, 6.07) is 7.57. The van der Waals surface area contributed by atoms with Gasteiger partial charge in [-0.1, -0.05) is 11.6 Å². The standard InChI is InChI=1S/C21H21ClN4O5/c22-14-6-9-18(24-12-14)26(16(21(30)31)11-17(23)27)20(29)13-4-7-15(8-5-13)25-10-2-1-3-19(25)28/h4-9,12,16H,1-3,10-11H2,(H2,23,27)(H,30,31). The predicted octanol–water partition coefficient (Wildman–Crippen LogP) is 2.23. The van der Waals surface area contributed by atoms with Crippen molar-refractivity contribution in [3.8, 4) is 0 Å². The first kappa shape index (κ1) is 22.2. The van der Waals surface area contributed by atoms with Gasteiger partial charge in [-0.2, -0.15) is 0 Å². The highest BCUT2D eigenvalue weighted by atomic mass is 35.5. The van der Waals surface area contributed by atoms with Crippen molar-refractivity contribution in [2.75, 3.05) is 16.3 Å². The first-order valence-electron chi connectivity index (χ1n) is 9.64. The number of piperidine rings is 1. The topological polar surface area (TPSA) is 134 Å². The number of benzene rings is 1. The summed E-state index contributed by atoms with van der Waals surface area (Å²) in [5.74, 6) is -2.93. The molecule has 2 aromatic rings. The van der Waals surface area contributed by atoms with Crippen LogP contribution in [-0.2, 0) is 14.4 Å². The van der Waals surface area contributed by atoms with E-state index in [0.29, 0.717) is 23.7 Å². The van der Waals surface area contributed by atoms with Crippen LogP contribution in [0.1, 0.15) is 36.0 Å². The van der Waals surface area contributed by atoms with E-state index in [1.54, 1.807) is 17.0 Å². The number of hydrogen-bond acceptors (Lipinski definition) is 5. The third-order valence-corrected chi connectivity index (χ3v) is 5.14. The van der Waals surface area contributed by atoms with Gasteiger partial charge in [0, 0.05) is 30.4 Å². The number of amides is 3. The molecule has 9 nitrogen and oxygen atoms in total. The first-order chi connectivity index (χ1) is 14.8. The van der Waals surface area contributed by atoms with Crippen molar-refractivity contribution in [3.05, 3.63) is 53.2 Å². The Bertz CT molecular complexity index is 994. The van der Waals surface area contributed by atoms with Gasteiger partial charge in [-0.25, -0.2) is 9.78 Å². The highest BCUT2D eigenvalue weighted by Crippen LogP contribution is 2.25. The minimum absolute atomic E-state index is 0.0123. The predicted molar refractivity (Wildman–Crippen MR) is 114 cm³/mol. The molecule has 1 aliphatic rings. The van der Waals surface area contributed by atoms with E-state index < -0.39 is 30.2 Å². The van der Waals surface area contributed by atoms with Crippen molar-refractivity contribution >= 4 is 46.8 Å². The number of carboxylic acid groups (broad SMARTS) is 1. The molecule has 0 bridgehead atoms. The van der Waals surface area contributed by atoms with E-state index >= 15 is 0 Å². The van der Waals surface area contributed by atoms with Crippen LogP contribution in [0.3, 0.4) is 0 Å². The Labute approximate surface area is 183 Å². The van der Waals surface area contributed by atoms with Gasteiger partial charge in [-0.05, 0) is 49.2 Å². The Balaban J connectivity index is 1.95. The zero-order valence-electron chi connectivity index (χ0n) is 16.5. The van der Waals surface area contributed by atoms with Crippen LogP contribution in [0.15, 0.2) is 42.6 Å². The second kappa shape index (κ2) is 9.57. The van der Waals surface area contributed by atoms with E-state index in [9.17, 15) is 24.3 Å². The molecule has 0 saturated carbocycles. The van der Waals surface area contributed by atoms with Gasteiger partial charge in [-0.15, -0.1) is 0 Å². The summed E-state index contributed by atoms with van der Waals surface area (Å²) < 4.78 is 0. The first-order valence-corrected chi connectivity index (χ1v) is 10.0. The number of nitrogens with zero attached hydrogens (tertiary/aromatic N) is 3. The van der Waals surface area contributed by atoms with Crippen molar-refractivity contribution in [1.82, 2.24) is 4.98 Å². The van der Waals surface area contributed by atoms with Crippen LogP contribution in [0.25, 0.3) is 0 Å². The van der Waals surface area contributed by atoms with Crippen LogP contribution >= 0.6 is 11.6 Å². The number of carbonyl (C=O) groups is 4. The molecule has 0 spiro atoms. The average Bonchev–Trinajstić information content (AvgIpc) is 2.74. The van der Waals surface area contributed by atoms with E-state index in [1.165, 1.54) is 30.5 Å². The Hall–Kier alpha value is -3.46. The number of anilines is 2. The summed E-state index contributed by atoms with van der Waals surface area (Å²) in [4.78, 5) is 55.3. The molecule has 31 heavy (non-hydrogen) atoms. The molecule has 1 saturated heterocycles.